The van der Waals surface area contributed by atoms with Crippen molar-refractivity contribution >= 4 is 45.0 Å². The quantitative estimate of drug-likeness (QED) is 0.238. The number of carbonyl (C=O) groups excluding carboxylic acids is 2. The van der Waals surface area contributed by atoms with E-state index in [1.807, 2.05) is 38.1 Å². The third-order valence-corrected chi connectivity index (χ3v) is 5.34. The van der Waals surface area contributed by atoms with E-state index >= 15 is 0 Å². The smallest absolute Gasteiger partial charge is 0.870 e. The molecule has 0 aliphatic carbocycles. The summed E-state index contributed by atoms with van der Waals surface area (Å²) in [4.78, 5) is 37.2. The third kappa shape index (κ3) is 10.8. The number of fused-ring (bicyclic) bond motifs is 2. The maximum absolute atomic E-state index is 11.0. The number of hydrogen-bond donors (Lipinski definition) is 3. The van der Waals surface area contributed by atoms with Crippen LogP contribution >= 0.6 is 0 Å². The van der Waals surface area contributed by atoms with Crippen molar-refractivity contribution in [2.45, 2.75) is 27.7 Å². The fourth-order valence-electron chi connectivity index (χ4n) is 3.16. The van der Waals surface area contributed by atoms with E-state index in [-0.39, 0.29) is 46.8 Å². The number of carbonyl (C=O) groups is 2. The summed E-state index contributed by atoms with van der Waals surface area (Å²) in [5.74, 6) is -0.167. The van der Waals surface area contributed by atoms with Crippen LogP contribution in [0.4, 0.5) is 11.4 Å². The molecule has 212 valence electrons. The first-order chi connectivity index (χ1) is 19.3. The summed E-state index contributed by atoms with van der Waals surface area (Å²) < 4.78 is 1.34. The van der Waals surface area contributed by atoms with E-state index < -0.39 is 0 Å². The zero-order valence-corrected chi connectivity index (χ0v) is 26.1. The maximum atomic E-state index is 11.0. The predicted octanol–water partition coefficient (Wildman–Crippen LogP) is 1.20. The number of nitrogens with two attached hydrogens (primary N) is 1. The topological polar surface area (TPSA) is 200 Å². The minimum Gasteiger partial charge on any atom is -0.870 e. The van der Waals surface area contributed by atoms with Gasteiger partial charge in [0.05, 0.1) is 53.4 Å². The zero-order chi connectivity index (χ0) is 28.9. The van der Waals surface area contributed by atoms with Crippen molar-refractivity contribution in [2.75, 3.05) is 11.1 Å². The molecule has 6 aromatic heterocycles. The molecule has 6 aromatic rings. The molecule has 0 spiro atoms. The fraction of sp³-hybridized carbons (Fsp3) is 0.143. The van der Waals surface area contributed by atoms with Gasteiger partial charge in [0.2, 0.25) is 11.8 Å². The number of anilines is 2. The van der Waals surface area contributed by atoms with Crippen LogP contribution in [0.1, 0.15) is 29.8 Å². The van der Waals surface area contributed by atoms with Crippen LogP contribution in [0.3, 0.4) is 0 Å². The Balaban J connectivity index is 0.000000279. The van der Waals surface area contributed by atoms with E-state index in [1.165, 1.54) is 18.5 Å². The number of H-pyrrole nitrogens is 1. The Morgan fingerprint density at radius 2 is 1.38 bits per heavy atom. The van der Waals surface area contributed by atoms with Gasteiger partial charge in [-0.25, -0.2) is 0 Å². The summed E-state index contributed by atoms with van der Waals surface area (Å²) in [7, 11) is 0. The summed E-state index contributed by atoms with van der Waals surface area (Å²) in [5, 5.41) is 15.3. The summed E-state index contributed by atoms with van der Waals surface area (Å²) in [6.45, 7) is 6.83. The van der Waals surface area contributed by atoms with Gasteiger partial charge >= 0.3 is 29.6 Å². The van der Waals surface area contributed by atoms with Gasteiger partial charge in [0.25, 0.3) is 0 Å². The monoisotopic (exact) mass is 578 g/mol. The largest absolute Gasteiger partial charge is 1.00 e. The maximum Gasteiger partial charge on any atom is 1.00 e. The van der Waals surface area contributed by atoms with Gasteiger partial charge in [-0.2, -0.15) is 14.9 Å². The van der Waals surface area contributed by atoms with Crippen molar-refractivity contribution in [3.05, 3.63) is 97.4 Å². The average Bonchev–Trinajstić information content (AvgIpc) is 3.60. The minimum atomic E-state index is -0.0991. The number of aromatic amines is 1. The van der Waals surface area contributed by atoms with Gasteiger partial charge in [-0.15, -0.1) is 0 Å². The van der Waals surface area contributed by atoms with E-state index in [0.29, 0.717) is 0 Å². The third-order valence-electron chi connectivity index (χ3n) is 5.34. The van der Waals surface area contributed by atoms with Crippen molar-refractivity contribution in [3.63, 3.8) is 0 Å². The van der Waals surface area contributed by atoms with Gasteiger partial charge in [0.15, 0.2) is 0 Å². The second-order valence-corrected chi connectivity index (χ2v) is 8.45. The van der Waals surface area contributed by atoms with Crippen molar-refractivity contribution < 1.29 is 44.6 Å². The first-order valence-electron chi connectivity index (χ1n) is 12.1. The SMILES string of the molecule is CC(=O)Nc1cnccc1C.CC(=O)n1ncc2ccncc21.Cc1ccncc1N.[Na+].[OH-].c1cc2cn[nH]c2cn1. The molecule has 1 amide bonds. The molecule has 14 heteroatoms. The Hall–Kier alpha value is -4.56. The number of nitrogen functional groups attached to an aromatic ring is 1. The van der Waals surface area contributed by atoms with Gasteiger partial charge in [-0.3, -0.25) is 34.6 Å². The summed E-state index contributed by atoms with van der Waals surface area (Å²) >= 11 is 0. The van der Waals surface area contributed by atoms with E-state index in [0.717, 1.165) is 44.3 Å². The van der Waals surface area contributed by atoms with Crippen LogP contribution in [0, 0.1) is 13.8 Å². The second kappa shape index (κ2) is 18.0. The molecule has 0 saturated carbocycles. The number of aryl methyl sites for hydroxylation is 2. The molecule has 0 atom stereocenters. The molecule has 0 radical (unpaired) electrons. The molecule has 42 heavy (non-hydrogen) atoms. The summed E-state index contributed by atoms with van der Waals surface area (Å²) in [5.41, 5.74) is 10.8. The normalized spacial score (nSPS) is 9.33. The molecule has 0 fully saturated rings. The molecular formula is C28H31N10NaO3. The first-order valence-corrected chi connectivity index (χ1v) is 12.1. The van der Waals surface area contributed by atoms with Crippen LogP contribution in [-0.2, 0) is 4.79 Å². The van der Waals surface area contributed by atoms with E-state index in [1.54, 1.807) is 62.0 Å². The van der Waals surface area contributed by atoms with Crippen molar-refractivity contribution in [3.8, 4) is 0 Å². The van der Waals surface area contributed by atoms with E-state index in [4.69, 9.17) is 5.73 Å². The van der Waals surface area contributed by atoms with E-state index in [2.05, 4.69) is 40.5 Å². The van der Waals surface area contributed by atoms with Crippen molar-refractivity contribution in [1.82, 2.24) is 39.9 Å². The van der Waals surface area contributed by atoms with Crippen LogP contribution in [0.5, 0.6) is 0 Å². The van der Waals surface area contributed by atoms with E-state index in [9.17, 15) is 9.59 Å². The van der Waals surface area contributed by atoms with Crippen molar-refractivity contribution in [1.29, 1.82) is 0 Å². The molecule has 0 bridgehead atoms. The van der Waals surface area contributed by atoms with Crippen LogP contribution in [-0.4, -0.2) is 57.2 Å². The zero-order valence-electron chi connectivity index (χ0n) is 24.1. The number of nitrogens with zero attached hydrogens (tertiary/aromatic N) is 7. The standard InChI is InChI=1S/C8H7N3O.C8H10N2O.C6H5N3.C6H8N2.Na.H2O/c1-6(12)11-8-5-9-3-2-7(8)4-10-11;1-6-3-4-9-5-8(6)10-7(2)11;1-2-7-4-6-5(1)3-8-9-6;1-5-2-3-8-4-6(5)7;;/h2-5H,1H3;3-5H,1-2H3,(H,10,11);1-4H,(H,8,9);2-4H,7H2,1H3;;1H2/q;;;;+1;/p-1. The van der Waals surface area contributed by atoms with Gasteiger partial charge in [0.1, 0.15) is 0 Å². The van der Waals surface area contributed by atoms with Crippen LogP contribution < -0.4 is 40.6 Å². The minimum absolute atomic E-state index is 0. The number of hydrogen-bond acceptors (Lipinski definition) is 10. The molecule has 0 saturated heterocycles. The summed E-state index contributed by atoms with van der Waals surface area (Å²) in [6.07, 6.45) is 16.9. The molecule has 0 unspecified atom stereocenters. The fourth-order valence-corrected chi connectivity index (χ4v) is 3.16. The number of aromatic nitrogens is 8. The Bertz CT molecular complexity index is 1650. The molecule has 0 aliphatic heterocycles. The second-order valence-electron chi connectivity index (χ2n) is 8.45. The molecule has 6 heterocycles. The number of rotatable bonds is 1. The van der Waals surface area contributed by atoms with Crippen LogP contribution in [0.2, 0.25) is 0 Å². The molecule has 0 aromatic carbocycles. The first kappa shape index (κ1) is 35.5. The number of amides is 1. The Morgan fingerprint density at radius 3 is 1.95 bits per heavy atom. The Labute approximate surface area is 264 Å². The molecule has 6 rings (SSSR count). The van der Waals surface area contributed by atoms with Crippen molar-refractivity contribution in [2.24, 2.45) is 0 Å². The number of pyridine rings is 4. The Morgan fingerprint density at radius 1 is 0.786 bits per heavy atom. The molecule has 0 aliphatic rings. The van der Waals surface area contributed by atoms with Crippen LogP contribution in [0.15, 0.2) is 86.2 Å². The Kier molecular flexibility index (Phi) is 15.2. The summed E-state index contributed by atoms with van der Waals surface area (Å²) in [6, 6.07) is 7.47. The van der Waals surface area contributed by atoms with Gasteiger partial charge < -0.3 is 16.5 Å². The molecule has 5 N–H and O–H groups in total. The predicted molar refractivity (Wildman–Crippen MR) is 156 cm³/mol. The van der Waals surface area contributed by atoms with Gasteiger partial charge in [-0.1, -0.05) is 0 Å². The number of nitrogens with one attached hydrogen (secondary N) is 2. The van der Waals surface area contributed by atoms with Gasteiger partial charge in [0, 0.05) is 55.6 Å². The van der Waals surface area contributed by atoms with Gasteiger partial charge in [-0.05, 0) is 49.2 Å². The average molecular weight is 579 g/mol. The van der Waals surface area contributed by atoms with Crippen LogP contribution in [0.25, 0.3) is 21.8 Å². The molecular weight excluding hydrogens is 547 g/mol. The molecule has 13 nitrogen and oxygen atoms in total.